The summed E-state index contributed by atoms with van der Waals surface area (Å²) < 4.78 is 68.2. The van der Waals surface area contributed by atoms with Crippen LogP contribution in [-0.4, -0.2) is 52.4 Å². The Balaban J connectivity index is -0.0000000457. The zero-order chi connectivity index (χ0) is 9.00. The third-order valence-electron chi connectivity index (χ3n) is 0. The van der Waals surface area contributed by atoms with Gasteiger partial charge in [-0.05, 0) is 0 Å². The van der Waals surface area contributed by atoms with Crippen LogP contribution in [0.4, 0.5) is 0 Å². The molecule has 0 fully saturated rings. The summed E-state index contributed by atoms with van der Waals surface area (Å²) >= 11 is 0. The molecular formula is AlO8RbS2-3. The van der Waals surface area contributed by atoms with Crippen molar-refractivity contribution in [2.75, 3.05) is 0 Å². The van der Waals surface area contributed by atoms with E-state index >= 15 is 0 Å². The van der Waals surface area contributed by atoms with Crippen molar-refractivity contribution in [3.8, 4) is 0 Å². The van der Waals surface area contributed by atoms with Crippen molar-refractivity contribution in [3.05, 3.63) is 0 Å². The van der Waals surface area contributed by atoms with Crippen molar-refractivity contribution in [2.24, 2.45) is 0 Å². The first-order valence-electron chi connectivity index (χ1n) is 1.33. The van der Waals surface area contributed by atoms with Crippen LogP contribution in [0.25, 0.3) is 0 Å². The summed E-state index contributed by atoms with van der Waals surface area (Å²) in [5.41, 5.74) is 0. The van der Waals surface area contributed by atoms with Crippen LogP contribution in [-0.2, 0) is 20.8 Å². The molecule has 0 rings (SSSR count). The van der Waals surface area contributed by atoms with Gasteiger partial charge in [0, 0.05) is 38.2 Å². The van der Waals surface area contributed by atoms with Gasteiger partial charge in [-0.15, -0.1) is 0 Å². The molecule has 0 aromatic rings. The minimum atomic E-state index is -5.17. The average molecular weight is 305 g/mol. The molecule has 0 N–H and O–H groups in total. The Morgan fingerprint density at radius 1 is 0.667 bits per heavy atom. The predicted molar refractivity (Wildman–Crippen MR) is 26.7 cm³/mol. The van der Waals surface area contributed by atoms with Crippen LogP contribution in [0.5, 0.6) is 0 Å². The first kappa shape index (κ1) is 23.7. The largest absolute Gasteiger partial charge is 1.00 e. The molecule has 0 saturated carbocycles. The molecule has 0 aromatic carbocycles. The summed E-state index contributed by atoms with van der Waals surface area (Å²) in [6, 6.07) is 0. The van der Waals surface area contributed by atoms with E-state index in [-0.39, 0.29) is 75.5 Å². The number of hydrogen-bond acceptors (Lipinski definition) is 8. The zero-order valence-corrected chi connectivity index (χ0v) is 13.4. The van der Waals surface area contributed by atoms with Crippen LogP contribution in [0.15, 0.2) is 0 Å². The van der Waals surface area contributed by atoms with Crippen LogP contribution in [0, 0.1) is 0 Å². The van der Waals surface area contributed by atoms with Gasteiger partial charge in [-0.1, -0.05) is 0 Å². The number of rotatable bonds is 0. The third-order valence-corrected chi connectivity index (χ3v) is 0. The zero-order valence-electron chi connectivity index (χ0n) is 5.66. The monoisotopic (exact) mass is 304 g/mol. The van der Waals surface area contributed by atoms with Crippen molar-refractivity contribution in [1.29, 1.82) is 0 Å². The summed E-state index contributed by atoms with van der Waals surface area (Å²) in [6.45, 7) is 0. The molecule has 0 spiro atoms. The molecule has 0 amide bonds. The molecule has 8 nitrogen and oxygen atoms in total. The summed E-state index contributed by atoms with van der Waals surface area (Å²) in [5, 5.41) is 0. The Morgan fingerprint density at radius 2 is 0.667 bits per heavy atom. The van der Waals surface area contributed by atoms with Gasteiger partial charge in [0.05, 0.1) is 0 Å². The second-order valence-electron chi connectivity index (χ2n) is 0.816. The molecule has 12 heteroatoms. The molecule has 3 radical (unpaired) electrons. The fraction of sp³-hybridized carbons (Fsp3) is 0. The second kappa shape index (κ2) is 9.63. The van der Waals surface area contributed by atoms with E-state index in [0.717, 1.165) is 0 Å². The fourth-order valence-corrected chi connectivity index (χ4v) is 0. The molecule has 0 bridgehead atoms. The smallest absolute Gasteiger partial charge is 0.759 e. The van der Waals surface area contributed by atoms with E-state index in [4.69, 9.17) is 35.0 Å². The summed E-state index contributed by atoms with van der Waals surface area (Å²) in [4.78, 5) is 0. The molecule has 12 heavy (non-hydrogen) atoms. The minimum absolute atomic E-state index is 0. The van der Waals surface area contributed by atoms with Crippen molar-refractivity contribution in [2.45, 2.75) is 0 Å². The maximum Gasteiger partial charge on any atom is 1.00 e. The molecule has 0 aliphatic rings. The molecule has 0 unspecified atom stereocenters. The van der Waals surface area contributed by atoms with E-state index in [2.05, 4.69) is 0 Å². The summed E-state index contributed by atoms with van der Waals surface area (Å²) in [6.07, 6.45) is 0. The van der Waals surface area contributed by atoms with Gasteiger partial charge in [-0.3, -0.25) is 16.8 Å². The van der Waals surface area contributed by atoms with E-state index in [1.165, 1.54) is 0 Å². The molecular weight excluding hydrogens is 305 g/mol. The summed E-state index contributed by atoms with van der Waals surface area (Å²) in [7, 11) is -10.3. The van der Waals surface area contributed by atoms with Crippen molar-refractivity contribution in [3.63, 3.8) is 0 Å². The first-order valence-corrected chi connectivity index (χ1v) is 4.00. The van der Waals surface area contributed by atoms with Crippen molar-refractivity contribution < 1.29 is 93.2 Å². The third kappa shape index (κ3) is 343. The van der Waals surface area contributed by atoms with E-state index in [1.807, 2.05) is 0 Å². The van der Waals surface area contributed by atoms with Gasteiger partial charge >= 0.3 is 58.2 Å². The van der Waals surface area contributed by atoms with E-state index < -0.39 is 20.8 Å². The van der Waals surface area contributed by atoms with E-state index in [9.17, 15) is 0 Å². The molecule has 0 aliphatic carbocycles. The maximum absolute atomic E-state index is 8.52. The molecule has 0 aliphatic heterocycles. The molecule has 0 heterocycles. The van der Waals surface area contributed by atoms with Gasteiger partial charge in [0.2, 0.25) is 0 Å². The van der Waals surface area contributed by atoms with Gasteiger partial charge in [0.1, 0.15) is 0 Å². The quantitative estimate of drug-likeness (QED) is 0.243. The number of hydrogen-bond donors (Lipinski definition) is 0. The maximum atomic E-state index is 8.52. The van der Waals surface area contributed by atoms with E-state index in [0.29, 0.717) is 0 Å². The Morgan fingerprint density at radius 3 is 0.667 bits per heavy atom. The Labute approximate surface area is 129 Å². The van der Waals surface area contributed by atoms with Gasteiger partial charge < -0.3 is 18.2 Å². The van der Waals surface area contributed by atoms with Crippen LogP contribution in [0.1, 0.15) is 0 Å². The Hall–Kier alpha value is 2.08. The van der Waals surface area contributed by atoms with E-state index in [1.54, 1.807) is 0 Å². The predicted octanol–water partition coefficient (Wildman–Crippen LogP) is -6.05. The van der Waals surface area contributed by atoms with Gasteiger partial charge in [-0.2, -0.15) is 0 Å². The molecule has 0 saturated heterocycles. The fourth-order valence-electron chi connectivity index (χ4n) is 0. The molecule has 0 atom stereocenters. The standard InChI is InChI=1S/Al.2H2O4S.Rb/c;2*1-5(2,3)4;/h;2*(H2,1,2,3,4);/q;;;+1/p-4. The van der Waals surface area contributed by atoms with Crippen LogP contribution in [0.2, 0.25) is 0 Å². The van der Waals surface area contributed by atoms with Crippen molar-refractivity contribution >= 4 is 38.2 Å². The SMILES string of the molecule is O=S(=O)([O-])[O-].O=S(=O)([O-])[O-].[Al].[Rb+]. The van der Waals surface area contributed by atoms with Crippen LogP contribution in [0.3, 0.4) is 0 Å². The normalized spacial score (nSPS) is 9.67. The van der Waals surface area contributed by atoms with Gasteiger partial charge in [-0.25, -0.2) is 0 Å². The molecule has 67 valence electrons. The van der Waals surface area contributed by atoms with Crippen molar-refractivity contribution in [1.82, 2.24) is 0 Å². The van der Waals surface area contributed by atoms with Gasteiger partial charge in [0.15, 0.2) is 0 Å². The topological polar surface area (TPSA) is 161 Å². The average Bonchev–Trinajstić information content (AvgIpc) is 1.12. The molecule has 0 aromatic heterocycles. The first-order chi connectivity index (χ1) is 4.00. The Bertz CT molecular complexity index is 213. The van der Waals surface area contributed by atoms with Gasteiger partial charge in [0.25, 0.3) is 0 Å². The summed E-state index contributed by atoms with van der Waals surface area (Å²) in [5.74, 6) is 0. The Kier molecular flexibility index (Phi) is 19.0. The van der Waals surface area contributed by atoms with Crippen LogP contribution >= 0.6 is 0 Å². The minimum Gasteiger partial charge on any atom is -0.759 e. The van der Waals surface area contributed by atoms with Crippen LogP contribution < -0.4 is 58.2 Å². The second-order valence-corrected chi connectivity index (χ2v) is 2.45.